The molecule has 3 aromatic heterocycles. The van der Waals surface area contributed by atoms with Crippen LogP contribution >= 0.6 is 0 Å². The molecule has 2 aromatic carbocycles. The molecule has 3 heteroatoms. The second kappa shape index (κ2) is 4.21. The summed E-state index contributed by atoms with van der Waals surface area (Å²) in [5, 5.41) is 3.70. The van der Waals surface area contributed by atoms with Crippen molar-refractivity contribution >= 4 is 32.7 Å². The Morgan fingerprint density at radius 3 is 2.50 bits per heavy atom. The Bertz CT molecular complexity index is 1080. The Hall–Kier alpha value is -3.07. The van der Waals surface area contributed by atoms with Crippen LogP contribution in [0.15, 0.2) is 73.2 Å². The molecule has 0 saturated heterocycles. The van der Waals surface area contributed by atoms with E-state index < -0.39 is 0 Å². The minimum Gasteiger partial charge on any atom is -0.359 e. The summed E-state index contributed by atoms with van der Waals surface area (Å²) in [5.74, 6) is 0. The Morgan fingerprint density at radius 1 is 0.773 bits per heavy atom. The number of fused-ring (bicyclic) bond motifs is 4. The average Bonchev–Trinajstić information content (AvgIpc) is 3.14. The van der Waals surface area contributed by atoms with Crippen molar-refractivity contribution in [2.45, 2.75) is 0 Å². The maximum atomic E-state index is 4.33. The number of nitrogens with one attached hydrogen (secondary N) is 1. The van der Waals surface area contributed by atoms with Crippen molar-refractivity contribution in [2.24, 2.45) is 0 Å². The zero-order valence-corrected chi connectivity index (χ0v) is 11.8. The molecule has 22 heavy (non-hydrogen) atoms. The lowest BCUT2D eigenvalue weighted by Gasteiger charge is -2.05. The number of H-pyrrole nitrogens is 1. The number of aromatic amines is 1. The molecule has 104 valence electrons. The molecule has 5 rings (SSSR count). The highest BCUT2D eigenvalue weighted by atomic mass is 15.0. The van der Waals surface area contributed by atoms with Gasteiger partial charge < -0.3 is 9.55 Å². The molecule has 0 aliphatic heterocycles. The van der Waals surface area contributed by atoms with Gasteiger partial charge in [0.2, 0.25) is 0 Å². The molecule has 0 spiro atoms. The van der Waals surface area contributed by atoms with Gasteiger partial charge in [0.15, 0.2) is 0 Å². The third-order valence-corrected chi connectivity index (χ3v) is 4.28. The number of nitrogens with zero attached hydrogens (tertiary/aromatic N) is 2. The lowest BCUT2D eigenvalue weighted by Crippen LogP contribution is -1.92. The highest BCUT2D eigenvalue weighted by Crippen LogP contribution is 2.33. The third-order valence-electron chi connectivity index (χ3n) is 4.28. The zero-order chi connectivity index (χ0) is 14.5. The smallest absolute Gasteiger partial charge is 0.0725 e. The summed E-state index contributed by atoms with van der Waals surface area (Å²) >= 11 is 0. The van der Waals surface area contributed by atoms with Gasteiger partial charge in [-0.1, -0.05) is 36.4 Å². The third kappa shape index (κ3) is 1.42. The fourth-order valence-electron chi connectivity index (χ4n) is 3.32. The fraction of sp³-hybridized carbons (Fsp3) is 0. The van der Waals surface area contributed by atoms with Crippen molar-refractivity contribution in [1.82, 2.24) is 14.5 Å². The number of benzene rings is 2. The van der Waals surface area contributed by atoms with Crippen molar-refractivity contribution in [2.75, 3.05) is 0 Å². The molecule has 3 nitrogen and oxygen atoms in total. The first-order chi connectivity index (χ1) is 10.9. The van der Waals surface area contributed by atoms with Crippen LogP contribution in [0.1, 0.15) is 0 Å². The van der Waals surface area contributed by atoms with E-state index in [-0.39, 0.29) is 0 Å². The minimum atomic E-state index is 1.13. The molecule has 0 saturated carbocycles. The molecule has 0 bridgehead atoms. The summed E-state index contributed by atoms with van der Waals surface area (Å²) in [6.45, 7) is 0. The van der Waals surface area contributed by atoms with Crippen LogP contribution in [0.2, 0.25) is 0 Å². The second-order valence-corrected chi connectivity index (χ2v) is 5.46. The quantitative estimate of drug-likeness (QED) is 0.477. The van der Waals surface area contributed by atoms with E-state index in [0.29, 0.717) is 0 Å². The molecule has 0 atom stereocenters. The number of rotatable bonds is 1. The van der Waals surface area contributed by atoms with Gasteiger partial charge in [-0.25, -0.2) is 0 Å². The van der Waals surface area contributed by atoms with E-state index in [2.05, 4.69) is 75.3 Å². The van der Waals surface area contributed by atoms with Crippen LogP contribution in [0.3, 0.4) is 0 Å². The number of hydrogen-bond donors (Lipinski definition) is 1. The van der Waals surface area contributed by atoms with Crippen LogP contribution in [0.4, 0.5) is 0 Å². The predicted octanol–water partition coefficient (Wildman–Crippen LogP) is 4.66. The zero-order valence-electron chi connectivity index (χ0n) is 11.8. The van der Waals surface area contributed by atoms with Gasteiger partial charge in [0.05, 0.1) is 22.9 Å². The van der Waals surface area contributed by atoms with E-state index in [0.717, 1.165) is 16.7 Å². The fourth-order valence-corrected chi connectivity index (χ4v) is 3.32. The minimum absolute atomic E-state index is 1.13. The van der Waals surface area contributed by atoms with Gasteiger partial charge in [0, 0.05) is 34.1 Å². The Morgan fingerprint density at radius 2 is 1.55 bits per heavy atom. The maximum Gasteiger partial charge on any atom is 0.0725 e. The van der Waals surface area contributed by atoms with Crippen LogP contribution in [0, 0.1) is 0 Å². The highest BCUT2D eigenvalue weighted by Gasteiger charge is 2.14. The van der Waals surface area contributed by atoms with Crippen LogP contribution < -0.4 is 0 Å². The van der Waals surface area contributed by atoms with Gasteiger partial charge in [-0.15, -0.1) is 0 Å². The molecule has 0 amide bonds. The molecule has 5 aromatic rings. The summed E-state index contributed by atoms with van der Waals surface area (Å²) in [6.07, 6.45) is 5.87. The van der Waals surface area contributed by atoms with Crippen molar-refractivity contribution in [3.8, 4) is 5.69 Å². The van der Waals surface area contributed by atoms with Gasteiger partial charge in [-0.05, 0) is 18.2 Å². The average molecular weight is 283 g/mol. The van der Waals surface area contributed by atoms with Crippen molar-refractivity contribution < 1.29 is 0 Å². The van der Waals surface area contributed by atoms with Crippen LogP contribution in [-0.4, -0.2) is 14.5 Å². The van der Waals surface area contributed by atoms with Crippen LogP contribution in [0.5, 0.6) is 0 Å². The second-order valence-electron chi connectivity index (χ2n) is 5.46. The predicted molar refractivity (Wildman–Crippen MR) is 90.4 cm³/mol. The summed E-state index contributed by atoms with van der Waals surface area (Å²) in [7, 11) is 0. The first-order valence-corrected chi connectivity index (χ1v) is 7.33. The van der Waals surface area contributed by atoms with Crippen LogP contribution in [0.25, 0.3) is 38.4 Å². The lowest BCUT2D eigenvalue weighted by molar-refractivity contribution is 1.18. The largest absolute Gasteiger partial charge is 0.359 e. The molecule has 0 radical (unpaired) electrons. The molecule has 0 unspecified atom stereocenters. The summed E-state index contributed by atoms with van der Waals surface area (Å²) in [6, 6.07) is 19.0. The first-order valence-electron chi connectivity index (χ1n) is 7.33. The summed E-state index contributed by atoms with van der Waals surface area (Å²) in [5.41, 5.74) is 4.64. The summed E-state index contributed by atoms with van der Waals surface area (Å²) < 4.78 is 2.29. The van der Waals surface area contributed by atoms with E-state index in [1.807, 2.05) is 12.4 Å². The van der Waals surface area contributed by atoms with Crippen LogP contribution in [-0.2, 0) is 0 Å². The van der Waals surface area contributed by atoms with E-state index in [1.165, 1.54) is 21.7 Å². The Labute approximate surface area is 126 Å². The maximum absolute atomic E-state index is 4.33. The monoisotopic (exact) mass is 283 g/mol. The van der Waals surface area contributed by atoms with Gasteiger partial charge in [0.1, 0.15) is 0 Å². The summed E-state index contributed by atoms with van der Waals surface area (Å²) in [4.78, 5) is 7.69. The van der Waals surface area contributed by atoms with Gasteiger partial charge in [-0.3, -0.25) is 4.98 Å². The topological polar surface area (TPSA) is 33.6 Å². The molecule has 0 fully saturated rings. The van der Waals surface area contributed by atoms with Gasteiger partial charge in [0.25, 0.3) is 0 Å². The van der Waals surface area contributed by atoms with Gasteiger partial charge >= 0.3 is 0 Å². The number of hydrogen-bond acceptors (Lipinski definition) is 1. The van der Waals surface area contributed by atoms with E-state index in [4.69, 9.17) is 0 Å². The standard InChI is InChI=1S/C19H13N3/c1-3-7-16-15(6-1)19(12-21-16)22-17-8-4-2-5-13(17)14-9-10-20-11-18(14)22/h1-12,21H. The molecule has 0 aliphatic rings. The highest BCUT2D eigenvalue weighted by molar-refractivity contribution is 6.10. The molecule has 1 N–H and O–H groups in total. The number of pyridine rings is 1. The van der Waals surface area contributed by atoms with E-state index in [9.17, 15) is 0 Å². The normalized spacial score (nSPS) is 11.6. The van der Waals surface area contributed by atoms with Crippen molar-refractivity contribution in [3.63, 3.8) is 0 Å². The molecule has 0 aliphatic carbocycles. The number of aromatic nitrogens is 3. The van der Waals surface area contributed by atoms with E-state index >= 15 is 0 Å². The first kappa shape index (κ1) is 11.6. The van der Waals surface area contributed by atoms with Crippen molar-refractivity contribution in [1.29, 1.82) is 0 Å². The Kier molecular flexibility index (Phi) is 2.22. The Balaban J connectivity index is 2.02. The molecular formula is C19H13N3. The van der Waals surface area contributed by atoms with E-state index in [1.54, 1.807) is 0 Å². The number of para-hydroxylation sites is 2. The lowest BCUT2D eigenvalue weighted by atomic mass is 10.2. The van der Waals surface area contributed by atoms with Gasteiger partial charge in [-0.2, -0.15) is 0 Å². The SMILES string of the molecule is c1ccc2c(-n3c4ccccc4c4ccncc43)c[nH]c2c1. The molecule has 3 heterocycles. The molecular weight excluding hydrogens is 270 g/mol. The van der Waals surface area contributed by atoms with Crippen molar-refractivity contribution in [3.05, 3.63) is 73.2 Å².